The quantitative estimate of drug-likeness (QED) is 0.149. The highest BCUT2D eigenvalue weighted by Gasteiger charge is 2.31. The third kappa shape index (κ3) is 5.78. The number of likely N-dealkylation sites (tertiary alicyclic amines) is 1. The van der Waals surface area contributed by atoms with E-state index in [-0.39, 0.29) is 40.6 Å². The molecule has 0 spiro atoms. The number of furan rings is 1. The monoisotopic (exact) mass is 598 g/mol. The zero-order valence-electron chi connectivity index (χ0n) is 21.4. The summed E-state index contributed by atoms with van der Waals surface area (Å²) in [7, 11) is 0. The van der Waals surface area contributed by atoms with E-state index < -0.39 is 24.1 Å². The van der Waals surface area contributed by atoms with Gasteiger partial charge in [-0.2, -0.15) is 5.26 Å². The van der Waals surface area contributed by atoms with Crippen molar-refractivity contribution in [1.82, 2.24) is 20.4 Å². The number of nitrogens with zero attached hydrogens (tertiary/aromatic N) is 4. The molecular weight excluding hydrogens is 575 g/mol. The summed E-state index contributed by atoms with van der Waals surface area (Å²) in [6.45, 7) is 1.03. The summed E-state index contributed by atoms with van der Waals surface area (Å²) in [6.07, 6.45) is 1.56. The highest BCUT2D eigenvalue weighted by Crippen LogP contribution is 2.35. The first-order valence-electron chi connectivity index (χ1n) is 12.6. The van der Waals surface area contributed by atoms with Gasteiger partial charge in [0.2, 0.25) is 12.1 Å². The lowest BCUT2D eigenvalue weighted by atomic mass is 9.96. The second-order valence-corrected chi connectivity index (χ2v) is 10.4. The molecule has 0 bridgehead atoms. The van der Waals surface area contributed by atoms with Crippen molar-refractivity contribution in [3.8, 4) is 6.19 Å². The van der Waals surface area contributed by atoms with Crippen LogP contribution in [0, 0.1) is 11.5 Å². The van der Waals surface area contributed by atoms with Gasteiger partial charge in [-0.1, -0.05) is 29.3 Å². The number of amides is 2. The number of fused-ring (bicyclic) bond motifs is 2. The van der Waals surface area contributed by atoms with Crippen LogP contribution >= 0.6 is 23.2 Å². The Kier molecular flexibility index (Phi) is 8.03. The van der Waals surface area contributed by atoms with Gasteiger partial charge in [0.1, 0.15) is 5.58 Å². The largest absolute Gasteiger partial charge is 0.478 e. The van der Waals surface area contributed by atoms with E-state index in [4.69, 9.17) is 32.9 Å². The van der Waals surface area contributed by atoms with Crippen molar-refractivity contribution < 1.29 is 29.0 Å². The zero-order chi connectivity index (χ0) is 29.3. The van der Waals surface area contributed by atoms with E-state index in [2.05, 4.69) is 15.6 Å². The molecule has 2 amide bonds. The molecule has 0 aliphatic carbocycles. The molecule has 0 saturated carbocycles. The molecule has 1 unspecified atom stereocenters. The van der Waals surface area contributed by atoms with E-state index in [1.165, 1.54) is 4.90 Å². The Labute approximate surface area is 243 Å². The number of carbonyl (C=O) groups excluding carboxylic acids is 2. The molecule has 2 atom stereocenters. The second-order valence-electron chi connectivity index (χ2n) is 9.63. The van der Waals surface area contributed by atoms with Crippen LogP contribution in [-0.2, 0) is 17.8 Å². The van der Waals surface area contributed by atoms with Crippen LogP contribution in [0.25, 0.3) is 11.0 Å². The normalized spacial score (nSPS) is 17.6. The van der Waals surface area contributed by atoms with Crippen LogP contribution in [0.5, 0.6) is 0 Å². The van der Waals surface area contributed by atoms with Crippen LogP contribution in [0.15, 0.2) is 46.0 Å². The van der Waals surface area contributed by atoms with Crippen molar-refractivity contribution in [3.63, 3.8) is 0 Å². The molecule has 0 radical (unpaired) electrons. The number of carboxylic acid groups (broad SMARTS) is 1. The summed E-state index contributed by atoms with van der Waals surface area (Å²) < 4.78 is 5.41. The molecule has 5 rings (SSSR count). The summed E-state index contributed by atoms with van der Waals surface area (Å²) in [6, 6.07) is 8.58. The Morgan fingerprint density at radius 1 is 1.17 bits per heavy atom. The first-order valence-corrected chi connectivity index (χ1v) is 13.4. The summed E-state index contributed by atoms with van der Waals surface area (Å²) >= 11 is 13.1. The number of aliphatic imine (C=N–C) groups is 1. The molecule has 212 valence electrons. The fourth-order valence-corrected chi connectivity index (χ4v) is 5.71. The molecule has 2 aromatic carbocycles. The first-order chi connectivity index (χ1) is 19.7. The molecular formula is C27H24Cl2N6O6. The molecule has 3 aromatic rings. The van der Waals surface area contributed by atoms with Gasteiger partial charge in [0, 0.05) is 37.1 Å². The van der Waals surface area contributed by atoms with E-state index in [0.29, 0.717) is 48.2 Å². The summed E-state index contributed by atoms with van der Waals surface area (Å²) in [5.74, 6) is -2.66. The van der Waals surface area contributed by atoms with Gasteiger partial charge in [-0.15, -0.1) is 0 Å². The van der Waals surface area contributed by atoms with E-state index >= 15 is 0 Å². The summed E-state index contributed by atoms with van der Waals surface area (Å²) in [5, 5.41) is 34.1. The molecule has 14 heteroatoms. The fourth-order valence-electron chi connectivity index (χ4n) is 4.95. The van der Waals surface area contributed by atoms with Gasteiger partial charge >= 0.3 is 5.97 Å². The van der Waals surface area contributed by atoms with Crippen molar-refractivity contribution in [3.05, 3.63) is 68.9 Å². The Morgan fingerprint density at radius 2 is 1.98 bits per heavy atom. The van der Waals surface area contributed by atoms with Gasteiger partial charge in [0.25, 0.3) is 11.8 Å². The maximum absolute atomic E-state index is 13.2. The SMILES string of the molecule is N#CNC(=NC(NC(=O)c1c(Cl)cc2c(c1Cl)CCN(C(=O)c1ccc3ccoc3c1)C2)C(=O)O)N1CC[C@H](O)C1. The zero-order valence-corrected chi connectivity index (χ0v) is 22.9. The number of carboxylic acids is 1. The number of hydrogen-bond donors (Lipinski definition) is 4. The van der Waals surface area contributed by atoms with Crippen LogP contribution in [-0.4, -0.2) is 75.7 Å². The minimum atomic E-state index is -1.78. The molecule has 3 heterocycles. The number of aliphatic carboxylic acids is 1. The lowest BCUT2D eigenvalue weighted by Gasteiger charge is -2.30. The number of halogens is 2. The fraction of sp³-hybridized carbons (Fsp3) is 0.296. The Balaban J connectivity index is 1.36. The molecule has 2 aliphatic rings. The van der Waals surface area contributed by atoms with E-state index in [1.54, 1.807) is 35.6 Å². The van der Waals surface area contributed by atoms with Crippen molar-refractivity contribution in [1.29, 1.82) is 5.26 Å². The van der Waals surface area contributed by atoms with E-state index in [9.17, 15) is 24.6 Å². The maximum atomic E-state index is 13.2. The third-order valence-corrected chi connectivity index (χ3v) is 7.72. The van der Waals surface area contributed by atoms with Gasteiger partial charge in [0.05, 0.1) is 28.0 Å². The topological polar surface area (TPSA) is 172 Å². The van der Waals surface area contributed by atoms with Gasteiger partial charge in [-0.25, -0.2) is 9.79 Å². The number of nitriles is 1. The Morgan fingerprint density at radius 3 is 2.68 bits per heavy atom. The number of carbonyl (C=O) groups is 3. The van der Waals surface area contributed by atoms with Crippen molar-refractivity contribution in [2.45, 2.75) is 31.7 Å². The third-order valence-electron chi connectivity index (χ3n) is 7.01. The Bertz CT molecular complexity index is 1620. The van der Waals surface area contributed by atoms with Crippen LogP contribution < -0.4 is 10.6 Å². The van der Waals surface area contributed by atoms with E-state index in [0.717, 1.165) is 5.39 Å². The molecule has 1 fully saturated rings. The molecule has 1 aromatic heterocycles. The molecule has 41 heavy (non-hydrogen) atoms. The number of aliphatic hydroxyl groups is 1. The maximum Gasteiger partial charge on any atom is 0.349 e. The first kappa shape index (κ1) is 28.2. The van der Waals surface area contributed by atoms with Crippen LogP contribution in [0.2, 0.25) is 10.0 Å². The van der Waals surface area contributed by atoms with Crippen LogP contribution in [0.4, 0.5) is 0 Å². The number of β-amino-alcohol motifs (C(OH)–C–C–N with tert-alkyl or cyclic N) is 1. The highest BCUT2D eigenvalue weighted by molar-refractivity contribution is 6.40. The van der Waals surface area contributed by atoms with Gasteiger partial charge in [0.15, 0.2) is 6.19 Å². The standard InChI is InChI=1S/C27H24Cl2N6O6/c28-19-9-16-11-34(25(38)15-2-1-14-5-8-41-20(14)10-15)7-4-18(16)22(29)21(19)24(37)32-23(26(39)40)33-27(31-13-30)35-6-3-17(36)12-35/h1-2,5,8-10,17,23,36H,3-4,6-7,11-12H2,(H,31,33)(H,32,37)(H,39,40)/t17-,23?/m0/s1. The number of nitrogens with one attached hydrogen (secondary N) is 2. The number of guanidine groups is 1. The predicted molar refractivity (Wildman–Crippen MR) is 148 cm³/mol. The smallest absolute Gasteiger partial charge is 0.349 e. The summed E-state index contributed by atoms with van der Waals surface area (Å²) in [5.41, 5.74) is 2.24. The average molecular weight is 599 g/mol. The van der Waals surface area contributed by atoms with Crippen molar-refractivity contribution >= 4 is 57.9 Å². The molecule has 2 aliphatic heterocycles. The predicted octanol–water partition coefficient (Wildman–Crippen LogP) is 2.57. The molecule has 12 nitrogen and oxygen atoms in total. The average Bonchev–Trinajstić information content (AvgIpc) is 3.60. The molecule has 1 saturated heterocycles. The molecule has 4 N–H and O–H groups in total. The minimum absolute atomic E-state index is 0.0243. The lowest BCUT2D eigenvalue weighted by Crippen LogP contribution is -2.45. The summed E-state index contributed by atoms with van der Waals surface area (Å²) in [4.78, 5) is 45.5. The van der Waals surface area contributed by atoms with Crippen molar-refractivity contribution in [2.24, 2.45) is 4.99 Å². The minimum Gasteiger partial charge on any atom is -0.478 e. The van der Waals surface area contributed by atoms with Gasteiger partial charge < -0.3 is 29.7 Å². The number of benzene rings is 2. The number of rotatable bonds is 5. The van der Waals surface area contributed by atoms with E-state index in [1.807, 2.05) is 12.1 Å². The van der Waals surface area contributed by atoms with Crippen LogP contribution in [0.1, 0.15) is 38.3 Å². The van der Waals surface area contributed by atoms with Crippen LogP contribution in [0.3, 0.4) is 0 Å². The Hall–Kier alpha value is -4.31. The lowest BCUT2D eigenvalue weighted by molar-refractivity contribution is -0.139. The van der Waals surface area contributed by atoms with Gasteiger partial charge in [-0.05, 0) is 48.2 Å². The van der Waals surface area contributed by atoms with Crippen molar-refractivity contribution in [2.75, 3.05) is 19.6 Å². The van der Waals surface area contributed by atoms with Gasteiger partial charge in [-0.3, -0.25) is 14.9 Å². The number of hydrogen-bond acceptors (Lipinski definition) is 7. The highest BCUT2D eigenvalue weighted by atomic mass is 35.5. The number of aliphatic hydroxyl groups excluding tert-OH is 1. The second kappa shape index (κ2) is 11.7.